The Labute approximate surface area is 106 Å². The minimum Gasteiger partial charge on any atom is -0.315 e. The van der Waals surface area contributed by atoms with Crippen LogP contribution in [0, 0.1) is 0 Å². The molecule has 0 amide bonds. The second kappa shape index (κ2) is 3.92. The minimum atomic E-state index is 0.617. The quantitative estimate of drug-likeness (QED) is 0.890. The van der Waals surface area contributed by atoms with Crippen LogP contribution in [0.4, 0.5) is 0 Å². The first kappa shape index (κ1) is 10.3. The van der Waals surface area contributed by atoms with E-state index < -0.39 is 0 Å². The average Bonchev–Trinajstić information content (AvgIpc) is 3.07. The second-order valence-electron chi connectivity index (χ2n) is 5.27. The molecule has 1 saturated carbocycles. The molecule has 0 unspecified atom stereocenters. The van der Waals surface area contributed by atoms with Crippen molar-refractivity contribution >= 4 is 0 Å². The molecule has 4 nitrogen and oxygen atoms in total. The number of nitrogens with one attached hydrogen (secondary N) is 1. The molecule has 1 aliphatic heterocycles. The van der Waals surface area contributed by atoms with E-state index in [-0.39, 0.29) is 0 Å². The summed E-state index contributed by atoms with van der Waals surface area (Å²) in [6.45, 7) is 2.21. The van der Waals surface area contributed by atoms with Crippen LogP contribution in [0.3, 0.4) is 0 Å². The average molecular weight is 240 g/mol. The molecule has 4 heteroatoms. The van der Waals surface area contributed by atoms with Gasteiger partial charge in [0.05, 0.1) is 5.69 Å². The molecule has 1 N–H and O–H groups in total. The molecule has 2 heterocycles. The summed E-state index contributed by atoms with van der Waals surface area (Å²) >= 11 is 0. The van der Waals surface area contributed by atoms with Crippen LogP contribution in [-0.4, -0.2) is 27.9 Å². The fourth-order valence-corrected chi connectivity index (χ4v) is 2.35. The molecule has 1 saturated heterocycles. The Morgan fingerprint density at radius 1 is 1.06 bits per heavy atom. The predicted molar refractivity (Wildman–Crippen MR) is 68.9 cm³/mol. The van der Waals surface area contributed by atoms with Crippen LogP contribution in [0.5, 0.6) is 0 Å². The van der Waals surface area contributed by atoms with Gasteiger partial charge in [0.1, 0.15) is 6.33 Å². The molecule has 18 heavy (non-hydrogen) atoms. The van der Waals surface area contributed by atoms with Gasteiger partial charge in [-0.05, 0) is 30.5 Å². The molecule has 2 fully saturated rings. The Kier molecular flexibility index (Phi) is 2.23. The number of benzene rings is 1. The van der Waals surface area contributed by atoms with Crippen LogP contribution in [-0.2, 0) is 0 Å². The van der Waals surface area contributed by atoms with Gasteiger partial charge in [0.15, 0.2) is 5.82 Å². The second-order valence-corrected chi connectivity index (χ2v) is 5.27. The zero-order valence-electron chi connectivity index (χ0n) is 10.2. The van der Waals surface area contributed by atoms with E-state index >= 15 is 0 Å². The third-order valence-corrected chi connectivity index (χ3v) is 3.86. The van der Waals surface area contributed by atoms with Crippen molar-refractivity contribution in [1.82, 2.24) is 20.1 Å². The van der Waals surface area contributed by atoms with Gasteiger partial charge >= 0.3 is 0 Å². The zero-order valence-corrected chi connectivity index (χ0v) is 10.2. The van der Waals surface area contributed by atoms with Crippen molar-refractivity contribution in [2.45, 2.75) is 24.7 Å². The third kappa shape index (κ3) is 1.73. The molecule has 1 aromatic heterocycles. The number of hydrogen-bond donors (Lipinski definition) is 1. The van der Waals surface area contributed by atoms with E-state index in [1.807, 2.05) is 11.0 Å². The van der Waals surface area contributed by atoms with Gasteiger partial charge < -0.3 is 5.32 Å². The van der Waals surface area contributed by atoms with Gasteiger partial charge in [0.2, 0.25) is 0 Å². The number of aromatic nitrogens is 3. The van der Waals surface area contributed by atoms with Crippen molar-refractivity contribution in [1.29, 1.82) is 0 Å². The first-order valence-electron chi connectivity index (χ1n) is 6.63. The summed E-state index contributed by atoms with van der Waals surface area (Å²) in [7, 11) is 0. The van der Waals surface area contributed by atoms with Crippen LogP contribution in [0.25, 0.3) is 5.69 Å². The highest BCUT2D eigenvalue weighted by molar-refractivity contribution is 5.36. The maximum absolute atomic E-state index is 4.54. The topological polar surface area (TPSA) is 42.7 Å². The maximum atomic E-state index is 4.54. The predicted octanol–water partition coefficient (Wildman–Crippen LogP) is 1.83. The molecule has 0 atom stereocenters. The fraction of sp³-hybridized carbons (Fsp3) is 0.429. The Balaban J connectivity index is 1.58. The SMILES string of the molecule is c1cc(-n2cnc(C3CC3)n2)ccc1C1CNC1. The van der Waals surface area contributed by atoms with Crippen molar-refractivity contribution in [2.75, 3.05) is 13.1 Å². The van der Waals surface area contributed by atoms with E-state index in [2.05, 4.69) is 39.7 Å². The molecule has 1 aliphatic carbocycles. The molecule has 2 aromatic rings. The van der Waals surface area contributed by atoms with Gasteiger partial charge in [-0.1, -0.05) is 12.1 Å². The summed E-state index contributed by atoms with van der Waals surface area (Å²) in [6, 6.07) is 8.69. The van der Waals surface area contributed by atoms with Crippen molar-refractivity contribution in [3.63, 3.8) is 0 Å². The Morgan fingerprint density at radius 2 is 1.83 bits per heavy atom. The summed E-state index contributed by atoms with van der Waals surface area (Å²) in [5.41, 5.74) is 2.52. The number of nitrogens with zero attached hydrogens (tertiary/aromatic N) is 3. The molecule has 0 bridgehead atoms. The summed E-state index contributed by atoms with van der Waals surface area (Å²) in [5, 5.41) is 7.85. The molecule has 2 aliphatic rings. The highest BCUT2D eigenvalue weighted by Crippen LogP contribution is 2.37. The van der Waals surface area contributed by atoms with E-state index in [1.165, 1.54) is 18.4 Å². The monoisotopic (exact) mass is 240 g/mol. The molecule has 1 aromatic carbocycles. The van der Waals surface area contributed by atoms with Gasteiger partial charge in [-0.3, -0.25) is 0 Å². The van der Waals surface area contributed by atoms with E-state index in [9.17, 15) is 0 Å². The van der Waals surface area contributed by atoms with Crippen LogP contribution >= 0.6 is 0 Å². The van der Waals surface area contributed by atoms with E-state index in [0.29, 0.717) is 11.8 Å². The lowest BCUT2D eigenvalue weighted by Gasteiger charge is -2.27. The van der Waals surface area contributed by atoms with Crippen molar-refractivity contribution in [2.24, 2.45) is 0 Å². The van der Waals surface area contributed by atoms with Crippen molar-refractivity contribution < 1.29 is 0 Å². The third-order valence-electron chi connectivity index (χ3n) is 3.86. The van der Waals surface area contributed by atoms with Crippen LogP contribution < -0.4 is 5.32 Å². The number of rotatable bonds is 3. The van der Waals surface area contributed by atoms with E-state index in [1.54, 1.807) is 0 Å². The molecule has 0 radical (unpaired) electrons. The van der Waals surface area contributed by atoms with Gasteiger partial charge in [0.25, 0.3) is 0 Å². The zero-order chi connectivity index (χ0) is 11.9. The maximum Gasteiger partial charge on any atom is 0.154 e. The standard InChI is InChI=1S/C14H16N4/c1-2-11(1)14-16-9-18(17-14)13-5-3-10(4-6-13)12-7-15-8-12/h3-6,9,11-12,15H,1-2,7-8H2. The lowest BCUT2D eigenvalue weighted by molar-refractivity contribution is 0.448. The van der Waals surface area contributed by atoms with E-state index in [4.69, 9.17) is 0 Å². The normalized spacial score (nSPS) is 19.8. The Morgan fingerprint density at radius 3 is 2.44 bits per heavy atom. The fourth-order valence-electron chi connectivity index (χ4n) is 2.35. The number of hydrogen-bond acceptors (Lipinski definition) is 3. The summed E-state index contributed by atoms with van der Waals surface area (Å²) < 4.78 is 1.89. The molecular weight excluding hydrogens is 224 g/mol. The lowest BCUT2D eigenvalue weighted by Crippen LogP contribution is -2.39. The van der Waals surface area contributed by atoms with Crippen LogP contribution in [0.1, 0.15) is 36.1 Å². The molecule has 0 spiro atoms. The summed E-state index contributed by atoms with van der Waals surface area (Å²) in [4.78, 5) is 4.38. The van der Waals surface area contributed by atoms with Gasteiger partial charge in [-0.25, -0.2) is 9.67 Å². The van der Waals surface area contributed by atoms with Crippen LogP contribution in [0.2, 0.25) is 0 Å². The molecular formula is C14H16N4. The van der Waals surface area contributed by atoms with Crippen molar-refractivity contribution in [3.8, 4) is 5.69 Å². The van der Waals surface area contributed by atoms with Gasteiger partial charge in [-0.15, -0.1) is 0 Å². The highest BCUT2D eigenvalue weighted by atomic mass is 15.3. The smallest absolute Gasteiger partial charge is 0.154 e. The summed E-state index contributed by atoms with van der Waals surface area (Å²) in [6.07, 6.45) is 4.32. The first-order chi connectivity index (χ1) is 8.90. The highest BCUT2D eigenvalue weighted by Gasteiger charge is 2.27. The first-order valence-corrected chi connectivity index (χ1v) is 6.63. The lowest BCUT2D eigenvalue weighted by atomic mass is 9.94. The van der Waals surface area contributed by atoms with E-state index in [0.717, 1.165) is 24.6 Å². The minimum absolute atomic E-state index is 0.617. The summed E-state index contributed by atoms with van der Waals surface area (Å²) in [5.74, 6) is 2.31. The molecule has 4 rings (SSSR count). The Hall–Kier alpha value is -1.68. The largest absolute Gasteiger partial charge is 0.315 e. The van der Waals surface area contributed by atoms with Crippen LogP contribution in [0.15, 0.2) is 30.6 Å². The Bertz CT molecular complexity index is 549. The molecule has 92 valence electrons. The van der Waals surface area contributed by atoms with Gasteiger partial charge in [0, 0.05) is 24.9 Å². The van der Waals surface area contributed by atoms with Crippen molar-refractivity contribution in [3.05, 3.63) is 42.0 Å². The van der Waals surface area contributed by atoms with Gasteiger partial charge in [-0.2, -0.15) is 5.10 Å².